The summed E-state index contributed by atoms with van der Waals surface area (Å²) in [4.78, 5) is 28.8. The van der Waals surface area contributed by atoms with E-state index in [4.69, 9.17) is 5.73 Å². The summed E-state index contributed by atoms with van der Waals surface area (Å²) in [5.74, 6) is -3.48. The van der Waals surface area contributed by atoms with Gasteiger partial charge in [0.2, 0.25) is 0 Å². The van der Waals surface area contributed by atoms with E-state index in [2.05, 4.69) is 9.78 Å². The van der Waals surface area contributed by atoms with Crippen molar-refractivity contribution in [1.29, 1.82) is 0 Å². The first-order chi connectivity index (χ1) is 8.80. The Bertz CT molecular complexity index is 326. The average molecular weight is 283 g/mol. The molecule has 0 spiro atoms. The molecular weight excluding hydrogens is 267 g/mol. The number of carbonyl (C=O) groups excluding carboxylic acids is 2. The quantitative estimate of drug-likeness (QED) is 0.631. The second-order valence-corrected chi connectivity index (χ2v) is 4.62. The molecule has 0 aromatic rings. The molecule has 2 N–H and O–H groups in total. The molecule has 5 nitrogen and oxygen atoms in total. The number of rotatable bonds is 3. The van der Waals surface area contributed by atoms with E-state index in [0.29, 0.717) is 6.42 Å². The summed E-state index contributed by atoms with van der Waals surface area (Å²) in [5.41, 5.74) is 5.50. The van der Waals surface area contributed by atoms with Crippen LogP contribution in [0.15, 0.2) is 0 Å². The summed E-state index contributed by atoms with van der Waals surface area (Å²) >= 11 is 0. The summed E-state index contributed by atoms with van der Waals surface area (Å²) in [6.45, 7) is 0. The van der Waals surface area contributed by atoms with E-state index >= 15 is 0 Å². The molecule has 0 bridgehead atoms. The van der Waals surface area contributed by atoms with E-state index in [1.807, 2.05) is 0 Å². The van der Waals surface area contributed by atoms with Crippen molar-refractivity contribution in [3.05, 3.63) is 0 Å². The summed E-state index contributed by atoms with van der Waals surface area (Å²) in [6, 6.07) is -1.08. The molecule has 1 rings (SSSR count). The van der Waals surface area contributed by atoms with Crippen molar-refractivity contribution in [2.45, 2.75) is 50.7 Å². The van der Waals surface area contributed by atoms with E-state index < -0.39 is 24.2 Å². The van der Waals surface area contributed by atoms with Gasteiger partial charge in [0.05, 0.1) is 0 Å². The van der Waals surface area contributed by atoms with Gasteiger partial charge in [-0.25, -0.2) is 19.4 Å². The van der Waals surface area contributed by atoms with Crippen LogP contribution in [-0.4, -0.2) is 24.2 Å². The Hall–Kier alpha value is -1.31. The molecule has 1 unspecified atom stereocenters. The zero-order chi connectivity index (χ0) is 14.5. The average Bonchev–Trinajstić information content (AvgIpc) is 2.35. The predicted octanol–water partition coefficient (Wildman–Crippen LogP) is 1.85. The van der Waals surface area contributed by atoms with Crippen LogP contribution >= 0.6 is 0 Å². The minimum absolute atomic E-state index is 0.259. The van der Waals surface area contributed by atoms with E-state index in [9.17, 15) is 22.8 Å². The molecule has 0 heterocycles. The first-order valence-electron chi connectivity index (χ1n) is 6.06. The lowest BCUT2D eigenvalue weighted by molar-refractivity contribution is -0.286. The van der Waals surface area contributed by atoms with E-state index in [0.717, 1.165) is 32.1 Å². The molecule has 1 aliphatic carbocycles. The Labute approximate surface area is 108 Å². The fraction of sp³-hybridized carbons (Fsp3) is 0.818. The number of hydrogen-bond donors (Lipinski definition) is 1. The zero-order valence-corrected chi connectivity index (χ0v) is 10.2. The number of carbonyl (C=O) groups is 2. The molecule has 0 amide bonds. The Balaban J connectivity index is 2.30. The highest BCUT2D eigenvalue weighted by Gasteiger charge is 2.43. The van der Waals surface area contributed by atoms with Gasteiger partial charge < -0.3 is 5.73 Å². The summed E-state index contributed by atoms with van der Waals surface area (Å²) in [7, 11) is 0. The second kappa shape index (κ2) is 6.74. The highest BCUT2D eigenvalue weighted by molar-refractivity contribution is 5.78. The smallest absolute Gasteiger partial charge is 0.318 e. The summed E-state index contributed by atoms with van der Waals surface area (Å²) in [5, 5.41) is 0. The first-order valence-corrected chi connectivity index (χ1v) is 6.06. The lowest BCUT2D eigenvalue weighted by atomic mass is 9.85. The van der Waals surface area contributed by atoms with Crippen LogP contribution in [0.4, 0.5) is 13.2 Å². The number of alkyl halides is 3. The Kier molecular flexibility index (Phi) is 5.59. The van der Waals surface area contributed by atoms with Crippen LogP contribution in [0.1, 0.15) is 38.5 Å². The predicted molar refractivity (Wildman–Crippen MR) is 57.4 cm³/mol. The van der Waals surface area contributed by atoms with Crippen molar-refractivity contribution >= 4 is 11.9 Å². The maximum atomic E-state index is 11.8. The molecule has 0 saturated heterocycles. The molecule has 0 radical (unpaired) electrons. The Morgan fingerprint density at radius 1 is 1.16 bits per heavy atom. The minimum Gasteiger partial charge on any atom is -0.318 e. The molecule has 1 aliphatic rings. The normalized spacial score (nSPS) is 18.7. The van der Waals surface area contributed by atoms with Crippen molar-refractivity contribution in [2.24, 2.45) is 11.7 Å². The third kappa shape index (κ3) is 5.46. The van der Waals surface area contributed by atoms with Gasteiger partial charge in [0.25, 0.3) is 0 Å². The van der Waals surface area contributed by atoms with E-state index in [1.165, 1.54) is 0 Å². The van der Waals surface area contributed by atoms with Crippen LogP contribution in [0.2, 0.25) is 0 Å². The number of hydrogen-bond acceptors (Lipinski definition) is 5. The molecule has 19 heavy (non-hydrogen) atoms. The second-order valence-electron chi connectivity index (χ2n) is 4.62. The molecular formula is C11H16F3NO4. The fourth-order valence-corrected chi connectivity index (χ4v) is 2.07. The monoisotopic (exact) mass is 283 g/mol. The van der Waals surface area contributed by atoms with Gasteiger partial charge in [-0.3, -0.25) is 0 Å². The maximum Gasteiger partial charge on any atom is 0.495 e. The van der Waals surface area contributed by atoms with Crippen LogP contribution in [0.5, 0.6) is 0 Å². The van der Waals surface area contributed by atoms with Crippen LogP contribution < -0.4 is 5.73 Å². The van der Waals surface area contributed by atoms with E-state index in [1.54, 1.807) is 0 Å². The first kappa shape index (κ1) is 15.7. The van der Waals surface area contributed by atoms with Gasteiger partial charge in [0, 0.05) is 0 Å². The molecule has 1 atom stereocenters. The lowest BCUT2D eigenvalue weighted by Crippen LogP contribution is -2.36. The van der Waals surface area contributed by atoms with Gasteiger partial charge in [-0.15, -0.1) is 0 Å². The molecule has 0 aromatic heterocycles. The molecule has 0 aromatic carbocycles. The summed E-state index contributed by atoms with van der Waals surface area (Å²) in [6.07, 6.45) is 0.229. The fourth-order valence-electron chi connectivity index (χ4n) is 2.07. The highest BCUT2D eigenvalue weighted by Crippen LogP contribution is 2.27. The van der Waals surface area contributed by atoms with Gasteiger partial charge in [-0.1, -0.05) is 32.1 Å². The SMILES string of the molecule is NC(CC1CCCCC1)C(=O)OOC(=O)C(F)(F)F. The van der Waals surface area contributed by atoms with Crippen LogP contribution in [0.25, 0.3) is 0 Å². The minimum atomic E-state index is -5.20. The van der Waals surface area contributed by atoms with E-state index in [-0.39, 0.29) is 5.92 Å². The molecule has 8 heteroatoms. The highest BCUT2D eigenvalue weighted by atomic mass is 19.4. The number of nitrogens with two attached hydrogens (primary N) is 1. The molecule has 0 aliphatic heterocycles. The maximum absolute atomic E-state index is 11.8. The van der Waals surface area contributed by atoms with Crippen molar-refractivity contribution in [3.8, 4) is 0 Å². The largest absolute Gasteiger partial charge is 0.495 e. The molecule has 1 fully saturated rings. The zero-order valence-electron chi connectivity index (χ0n) is 10.2. The van der Waals surface area contributed by atoms with Gasteiger partial charge in [-0.05, 0) is 12.3 Å². The Morgan fingerprint density at radius 3 is 2.26 bits per heavy atom. The van der Waals surface area contributed by atoms with Gasteiger partial charge in [0.15, 0.2) is 0 Å². The van der Waals surface area contributed by atoms with Crippen LogP contribution in [0.3, 0.4) is 0 Å². The van der Waals surface area contributed by atoms with Crippen LogP contribution in [-0.2, 0) is 19.4 Å². The topological polar surface area (TPSA) is 78.6 Å². The van der Waals surface area contributed by atoms with Crippen molar-refractivity contribution in [2.75, 3.05) is 0 Å². The number of halogens is 3. The summed E-state index contributed by atoms with van der Waals surface area (Å²) < 4.78 is 35.3. The van der Waals surface area contributed by atoms with Crippen molar-refractivity contribution in [1.82, 2.24) is 0 Å². The third-order valence-corrected chi connectivity index (χ3v) is 3.05. The van der Waals surface area contributed by atoms with Crippen LogP contribution in [0, 0.1) is 5.92 Å². The molecule has 1 saturated carbocycles. The third-order valence-electron chi connectivity index (χ3n) is 3.05. The Morgan fingerprint density at radius 2 is 1.74 bits per heavy atom. The van der Waals surface area contributed by atoms with Crippen molar-refractivity contribution in [3.63, 3.8) is 0 Å². The van der Waals surface area contributed by atoms with Crippen molar-refractivity contribution < 1.29 is 32.5 Å². The van der Waals surface area contributed by atoms with Gasteiger partial charge in [0.1, 0.15) is 6.04 Å². The van der Waals surface area contributed by atoms with Gasteiger partial charge >= 0.3 is 18.1 Å². The van der Waals surface area contributed by atoms with Gasteiger partial charge in [-0.2, -0.15) is 13.2 Å². The standard InChI is InChI=1S/C11H16F3NO4/c12-11(13,14)10(17)19-18-9(16)8(15)6-7-4-2-1-3-5-7/h7-8H,1-6,15H2. The lowest BCUT2D eigenvalue weighted by Gasteiger charge is -2.23. The molecule has 110 valence electrons.